The Morgan fingerprint density at radius 3 is 2.48 bits per heavy atom. The lowest BCUT2D eigenvalue weighted by molar-refractivity contribution is 0.293. The number of nitrogens with zero attached hydrogens (tertiary/aromatic N) is 2. The molecule has 0 aliphatic heterocycles. The van der Waals surface area contributed by atoms with Gasteiger partial charge in [0.2, 0.25) is 0 Å². The number of benzene rings is 2. The van der Waals surface area contributed by atoms with Gasteiger partial charge in [-0.3, -0.25) is 0 Å². The average molecular weight is 312 g/mol. The Morgan fingerprint density at radius 1 is 1.00 bits per heavy atom. The summed E-state index contributed by atoms with van der Waals surface area (Å²) in [5.74, 6) is 1.24. The molecule has 0 saturated carbocycles. The molecule has 3 rings (SSSR count). The quantitative estimate of drug-likeness (QED) is 0.668. The molecule has 0 N–H and O–H groups in total. The van der Waals surface area contributed by atoms with Gasteiger partial charge in [0.15, 0.2) is 0 Å². The smallest absolute Gasteiger partial charge is 0.123 e. The van der Waals surface area contributed by atoms with E-state index in [-0.39, 0.29) is 5.82 Å². The van der Waals surface area contributed by atoms with Crippen LogP contribution >= 0.6 is 0 Å². The van der Waals surface area contributed by atoms with Crippen LogP contribution in [0.4, 0.5) is 4.39 Å². The molecular weight excluding hydrogens is 295 g/mol. The van der Waals surface area contributed by atoms with Gasteiger partial charge in [-0.05, 0) is 42.0 Å². The predicted molar refractivity (Wildman–Crippen MR) is 84.9 cm³/mol. The standard InChI is InChI=1S/C18H17FN2O2/c19-16-3-1-2-15(12-16)13-23-18-6-4-17(5-7-18)22-11-10-21-9-8-20-14-21/h1-9,12,14H,10-11,13H2. The van der Waals surface area contributed by atoms with E-state index in [1.54, 1.807) is 18.6 Å². The van der Waals surface area contributed by atoms with E-state index in [9.17, 15) is 4.39 Å². The second-order valence-electron chi connectivity index (χ2n) is 5.04. The number of hydrogen-bond donors (Lipinski definition) is 0. The van der Waals surface area contributed by atoms with Crippen LogP contribution in [0.5, 0.6) is 11.5 Å². The minimum atomic E-state index is -0.257. The lowest BCUT2D eigenvalue weighted by atomic mass is 10.2. The van der Waals surface area contributed by atoms with E-state index in [4.69, 9.17) is 9.47 Å². The topological polar surface area (TPSA) is 36.3 Å². The number of aromatic nitrogens is 2. The van der Waals surface area contributed by atoms with Gasteiger partial charge in [-0.15, -0.1) is 0 Å². The van der Waals surface area contributed by atoms with Crippen molar-refractivity contribution in [3.05, 3.63) is 78.6 Å². The largest absolute Gasteiger partial charge is 0.492 e. The third-order valence-electron chi connectivity index (χ3n) is 3.30. The Bertz CT molecular complexity index is 727. The fraction of sp³-hybridized carbons (Fsp3) is 0.167. The molecule has 0 unspecified atom stereocenters. The molecular formula is C18H17FN2O2. The molecule has 5 heteroatoms. The first-order valence-electron chi connectivity index (χ1n) is 7.35. The van der Waals surface area contributed by atoms with E-state index >= 15 is 0 Å². The van der Waals surface area contributed by atoms with Crippen LogP contribution in [-0.4, -0.2) is 16.2 Å². The van der Waals surface area contributed by atoms with Crippen molar-refractivity contribution in [2.45, 2.75) is 13.2 Å². The number of hydrogen-bond acceptors (Lipinski definition) is 3. The molecule has 0 radical (unpaired) electrons. The Balaban J connectivity index is 1.47. The molecule has 23 heavy (non-hydrogen) atoms. The summed E-state index contributed by atoms with van der Waals surface area (Å²) in [7, 11) is 0. The molecule has 2 aromatic carbocycles. The van der Waals surface area contributed by atoms with Gasteiger partial charge in [0.1, 0.15) is 30.5 Å². The predicted octanol–water partition coefficient (Wildman–Crippen LogP) is 3.68. The first-order chi connectivity index (χ1) is 11.3. The van der Waals surface area contributed by atoms with Crippen molar-refractivity contribution in [2.75, 3.05) is 6.61 Å². The van der Waals surface area contributed by atoms with E-state index in [0.717, 1.165) is 23.6 Å². The van der Waals surface area contributed by atoms with E-state index in [1.165, 1.54) is 12.1 Å². The third-order valence-corrected chi connectivity index (χ3v) is 3.30. The molecule has 1 aromatic heterocycles. The lowest BCUT2D eigenvalue weighted by Crippen LogP contribution is -2.06. The van der Waals surface area contributed by atoms with Crippen molar-refractivity contribution in [2.24, 2.45) is 0 Å². The van der Waals surface area contributed by atoms with Crippen LogP contribution in [-0.2, 0) is 13.2 Å². The highest BCUT2D eigenvalue weighted by molar-refractivity contribution is 5.31. The fourth-order valence-corrected chi connectivity index (χ4v) is 2.11. The summed E-state index contributed by atoms with van der Waals surface area (Å²) < 4.78 is 26.3. The highest BCUT2D eigenvalue weighted by atomic mass is 19.1. The molecule has 0 bridgehead atoms. The van der Waals surface area contributed by atoms with E-state index < -0.39 is 0 Å². The summed E-state index contributed by atoms with van der Waals surface area (Å²) in [5, 5.41) is 0. The Labute approximate surface area is 134 Å². The normalized spacial score (nSPS) is 10.5. The first-order valence-corrected chi connectivity index (χ1v) is 7.35. The van der Waals surface area contributed by atoms with Crippen molar-refractivity contribution in [3.8, 4) is 11.5 Å². The van der Waals surface area contributed by atoms with Crippen LogP contribution in [0.3, 0.4) is 0 Å². The molecule has 0 saturated heterocycles. The van der Waals surface area contributed by atoms with Gasteiger partial charge in [-0.25, -0.2) is 9.37 Å². The van der Waals surface area contributed by atoms with Crippen molar-refractivity contribution in [1.82, 2.24) is 9.55 Å². The zero-order valence-corrected chi connectivity index (χ0v) is 12.6. The van der Waals surface area contributed by atoms with Crippen LogP contribution in [0, 0.1) is 5.82 Å². The second-order valence-corrected chi connectivity index (χ2v) is 5.04. The van der Waals surface area contributed by atoms with Gasteiger partial charge in [-0.1, -0.05) is 12.1 Å². The molecule has 118 valence electrons. The second kappa shape index (κ2) is 7.45. The van der Waals surface area contributed by atoms with Crippen LogP contribution in [0.1, 0.15) is 5.56 Å². The van der Waals surface area contributed by atoms with Crippen molar-refractivity contribution >= 4 is 0 Å². The fourth-order valence-electron chi connectivity index (χ4n) is 2.11. The summed E-state index contributed by atoms with van der Waals surface area (Å²) >= 11 is 0. The highest BCUT2D eigenvalue weighted by Crippen LogP contribution is 2.19. The molecule has 3 aromatic rings. The Kier molecular flexibility index (Phi) is 4.88. The van der Waals surface area contributed by atoms with Crippen LogP contribution in [0.15, 0.2) is 67.3 Å². The Hall–Kier alpha value is -2.82. The van der Waals surface area contributed by atoms with Gasteiger partial charge in [0, 0.05) is 12.4 Å². The molecule has 0 spiro atoms. The van der Waals surface area contributed by atoms with Gasteiger partial charge in [-0.2, -0.15) is 0 Å². The third kappa shape index (κ3) is 4.57. The van der Waals surface area contributed by atoms with Crippen LogP contribution in [0.2, 0.25) is 0 Å². The molecule has 0 aliphatic carbocycles. The molecule has 4 nitrogen and oxygen atoms in total. The average Bonchev–Trinajstić information content (AvgIpc) is 3.08. The molecule has 1 heterocycles. The molecule has 0 fully saturated rings. The van der Waals surface area contributed by atoms with Crippen LogP contribution < -0.4 is 9.47 Å². The number of halogens is 1. The molecule has 0 amide bonds. The van der Waals surface area contributed by atoms with Gasteiger partial charge in [0.25, 0.3) is 0 Å². The monoisotopic (exact) mass is 312 g/mol. The first kappa shape index (κ1) is 15.1. The van der Waals surface area contributed by atoms with Gasteiger partial charge in [0.05, 0.1) is 12.9 Å². The van der Waals surface area contributed by atoms with Crippen molar-refractivity contribution in [3.63, 3.8) is 0 Å². The summed E-state index contributed by atoms with van der Waals surface area (Å²) in [6, 6.07) is 13.8. The summed E-state index contributed by atoms with van der Waals surface area (Å²) in [6.45, 7) is 1.65. The van der Waals surface area contributed by atoms with Crippen molar-refractivity contribution in [1.29, 1.82) is 0 Å². The highest BCUT2D eigenvalue weighted by Gasteiger charge is 1.99. The van der Waals surface area contributed by atoms with Gasteiger partial charge < -0.3 is 14.0 Å². The number of imidazole rings is 1. The summed E-state index contributed by atoms with van der Waals surface area (Å²) in [6.07, 6.45) is 5.39. The van der Waals surface area contributed by atoms with E-state index in [0.29, 0.717) is 13.2 Å². The number of rotatable bonds is 7. The summed E-state index contributed by atoms with van der Waals surface area (Å²) in [5.41, 5.74) is 0.797. The zero-order valence-electron chi connectivity index (χ0n) is 12.6. The SMILES string of the molecule is Fc1cccc(COc2ccc(OCCn3ccnc3)cc2)c1. The molecule has 0 atom stereocenters. The van der Waals surface area contributed by atoms with Crippen LogP contribution in [0.25, 0.3) is 0 Å². The lowest BCUT2D eigenvalue weighted by Gasteiger charge is -2.09. The maximum Gasteiger partial charge on any atom is 0.123 e. The zero-order chi connectivity index (χ0) is 15.9. The molecule has 0 aliphatic rings. The number of ether oxygens (including phenoxy) is 2. The minimum absolute atomic E-state index is 0.257. The van der Waals surface area contributed by atoms with E-state index in [2.05, 4.69) is 4.98 Å². The summed E-state index contributed by atoms with van der Waals surface area (Å²) in [4.78, 5) is 3.98. The Morgan fingerprint density at radius 2 is 1.78 bits per heavy atom. The van der Waals surface area contributed by atoms with Gasteiger partial charge >= 0.3 is 0 Å². The maximum absolute atomic E-state index is 13.1. The minimum Gasteiger partial charge on any atom is -0.492 e. The van der Waals surface area contributed by atoms with Crippen molar-refractivity contribution < 1.29 is 13.9 Å². The van der Waals surface area contributed by atoms with E-state index in [1.807, 2.05) is 41.1 Å². The maximum atomic E-state index is 13.1.